The lowest BCUT2D eigenvalue weighted by Crippen LogP contribution is -2.55. The maximum atomic E-state index is 6.08. The van der Waals surface area contributed by atoms with Crippen LogP contribution in [0.2, 0.25) is 0 Å². The Morgan fingerprint density at radius 1 is 1.27 bits per heavy atom. The minimum Gasteiger partial charge on any atom is -0.383 e. The van der Waals surface area contributed by atoms with E-state index < -0.39 is 0 Å². The van der Waals surface area contributed by atoms with E-state index in [4.69, 9.17) is 10.5 Å². The van der Waals surface area contributed by atoms with Crippen LogP contribution < -0.4 is 5.73 Å². The molecule has 0 radical (unpaired) electrons. The summed E-state index contributed by atoms with van der Waals surface area (Å²) in [5, 5.41) is 0. The van der Waals surface area contributed by atoms with Gasteiger partial charge in [0.25, 0.3) is 0 Å². The van der Waals surface area contributed by atoms with Gasteiger partial charge in [-0.15, -0.1) is 0 Å². The monoisotopic (exact) mass is 216 g/mol. The van der Waals surface area contributed by atoms with Gasteiger partial charge in [0.2, 0.25) is 0 Å². The lowest BCUT2D eigenvalue weighted by atomic mass is 9.81. The lowest BCUT2D eigenvalue weighted by Gasteiger charge is -2.43. The quantitative estimate of drug-likeness (QED) is 0.760. The Balaban J connectivity index is 4.63. The molecule has 3 heteroatoms. The predicted molar refractivity (Wildman–Crippen MR) is 66.0 cm³/mol. The van der Waals surface area contributed by atoms with Gasteiger partial charge in [0, 0.05) is 25.2 Å². The lowest BCUT2D eigenvalue weighted by molar-refractivity contribution is 0.0365. The number of hydrogen-bond acceptors (Lipinski definition) is 3. The Labute approximate surface area is 95.0 Å². The fourth-order valence-corrected chi connectivity index (χ4v) is 2.40. The second kappa shape index (κ2) is 5.83. The third kappa shape index (κ3) is 4.49. The molecule has 92 valence electrons. The summed E-state index contributed by atoms with van der Waals surface area (Å²) < 4.78 is 5.18. The minimum atomic E-state index is 0.161. The molecule has 0 aromatic carbocycles. The summed E-state index contributed by atoms with van der Waals surface area (Å²) in [7, 11) is 3.87. The highest BCUT2D eigenvalue weighted by Gasteiger charge is 2.33. The van der Waals surface area contributed by atoms with E-state index in [2.05, 4.69) is 46.6 Å². The first-order valence-corrected chi connectivity index (χ1v) is 5.68. The zero-order valence-electron chi connectivity index (χ0n) is 11.4. The summed E-state index contributed by atoms with van der Waals surface area (Å²) in [5.41, 5.74) is 6.26. The van der Waals surface area contributed by atoms with Gasteiger partial charge in [-0.25, -0.2) is 0 Å². The fraction of sp³-hybridized carbons (Fsp3) is 1.00. The minimum absolute atomic E-state index is 0.161. The molecular formula is C12H28N2O. The third-order valence-corrected chi connectivity index (χ3v) is 2.93. The maximum absolute atomic E-state index is 6.08. The van der Waals surface area contributed by atoms with Crippen LogP contribution in [0.5, 0.6) is 0 Å². The van der Waals surface area contributed by atoms with Crippen molar-refractivity contribution in [2.24, 2.45) is 11.1 Å². The molecule has 0 aliphatic carbocycles. The van der Waals surface area contributed by atoms with Crippen LogP contribution in [0.25, 0.3) is 0 Å². The van der Waals surface area contributed by atoms with Gasteiger partial charge >= 0.3 is 0 Å². The standard InChI is InChI=1S/C12H28N2O/c1-9(8-15-7)14(6)11(10(2)13)12(3,4)5/h9-11H,8,13H2,1-7H3. The first kappa shape index (κ1) is 14.9. The SMILES string of the molecule is COCC(C)N(C)C(C(C)N)C(C)(C)C. The number of methoxy groups -OCH3 is 1. The molecule has 3 nitrogen and oxygen atoms in total. The van der Waals surface area contributed by atoms with Gasteiger partial charge in [0.1, 0.15) is 0 Å². The summed E-state index contributed by atoms with van der Waals surface area (Å²) in [6.45, 7) is 11.7. The van der Waals surface area contributed by atoms with Crippen molar-refractivity contribution in [2.75, 3.05) is 20.8 Å². The van der Waals surface area contributed by atoms with Gasteiger partial charge < -0.3 is 10.5 Å². The Bertz CT molecular complexity index is 175. The van der Waals surface area contributed by atoms with E-state index in [1.54, 1.807) is 7.11 Å². The number of rotatable bonds is 5. The number of nitrogens with two attached hydrogens (primary N) is 1. The van der Waals surface area contributed by atoms with Crippen LogP contribution >= 0.6 is 0 Å². The van der Waals surface area contributed by atoms with E-state index in [1.165, 1.54) is 0 Å². The molecule has 0 aromatic rings. The molecule has 0 rings (SSSR count). The van der Waals surface area contributed by atoms with Gasteiger partial charge in [-0.05, 0) is 26.3 Å². The molecule has 0 heterocycles. The first-order valence-electron chi connectivity index (χ1n) is 5.68. The van der Waals surface area contributed by atoms with Gasteiger partial charge in [-0.1, -0.05) is 20.8 Å². The summed E-state index contributed by atoms with van der Waals surface area (Å²) in [6.07, 6.45) is 0. The molecule has 0 aromatic heterocycles. The Hall–Kier alpha value is -0.120. The normalized spacial score (nSPS) is 19.0. The van der Waals surface area contributed by atoms with Crippen molar-refractivity contribution in [3.05, 3.63) is 0 Å². The van der Waals surface area contributed by atoms with Crippen molar-refractivity contribution in [2.45, 2.75) is 52.7 Å². The molecular weight excluding hydrogens is 188 g/mol. The fourth-order valence-electron chi connectivity index (χ4n) is 2.40. The Morgan fingerprint density at radius 3 is 2.00 bits per heavy atom. The summed E-state index contributed by atoms with van der Waals surface area (Å²) in [6, 6.07) is 0.919. The molecule has 0 aliphatic rings. The number of nitrogens with zero attached hydrogens (tertiary/aromatic N) is 1. The molecule has 0 bridgehead atoms. The van der Waals surface area contributed by atoms with Gasteiger partial charge in [0.15, 0.2) is 0 Å². The third-order valence-electron chi connectivity index (χ3n) is 2.93. The van der Waals surface area contributed by atoms with E-state index in [1.807, 2.05) is 0 Å². The highest BCUT2D eigenvalue weighted by atomic mass is 16.5. The summed E-state index contributed by atoms with van der Waals surface area (Å²) >= 11 is 0. The van der Waals surface area contributed by atoms with E-state index in [9.17, 15) is 0 Å². The molecule has 0 spiro atoms. The zero-order valence-corrected chi connectivity index (χ0v) is 11.4. The molecule has 0 saturated carbocycles. The van der Waals surface area contributed by atoms with Crippen molar-refractivity contribution in [1.29, 1.82) is 0 Å². The number of ether oxygens (including phenoxy) is 1. The topological polar surface area (TPSA) is 38.5 Å². The van der Waals surface area contributed by atoms with Crippen LogP contribution in [-0.4, -0.2) is 43.8 Å². The van der Waals surface area contributed by atoms with Crippen LogP contribution in [0.4, 0.5) is 0 Å². The van der Waals surface area contributed by atoms with Crippen LogP contribution in [0.1, 0.15) is 34.6 Å². The maximum Gasteiger partial charge on any atom is 0.0615 e. The van der Waals surface area contributed by atoms with Crippen LogP contribution in [0.15, 0.2) is 0 Å². The van der Waals surface area contributed by atoms with Crippen molar-refractivity contribution >= 4 is 0 Å². The van der Waals surface area contributed by atoms with Gasteiger partial charge in [-0.3, -0.25) is 4.90 Å². The van der Waals surface area contributed by atoms with Crippen molar-refractivity contribution in [3.8, 4) is 0 Å². The van der Waals surface area contributed by atoms with Gasteiger partial charge in [0.05, 0.1) is 6.61 Å². The number of likely N-dealkylation sites (N-methyl/N-ethyl adjacent to an activating group) is 1. The first-order chi connectivity index (χ1) is 6.71. The average Bonchev–Trinajstić information content (AvgIpc) is 2.00. The highest BCUT2D eigenvalue weighted by Crippen LogP contribution is 2.26. The van der Waals surface area contributed by atoms with Crippen molar-refractivity contribution < 1.29 is 4.74 Å². The summed E-state index contributed by atoms with van der Waals surface area (Å²) in [4.78, 5) is 2.33. The molecule has 0 amide bonds. The molecule has 3 unspecified atom stereocenters. The highest BCUT2D eigenvalue weighted by molar-refractivity contribution is 4.89. The van der Waals surface area contributed by atoms with E-state index >= 15 is 0 Å². The van der Waals surface area contributed by atoms with E-state index in [0.717, 1.165) is 6.61 Å². The second-order valence-electron chi connectivity index (χ2n) is 5.64. The molecule has 2 N–H and O–H groups in total. The largest absolute Gasteiger partial charge is 0.383 e. The summed E-state index contributed by atoms with van der Waals surface area (Å²) in [5.74, 6) is 0. The number of hydrogen-bond donors (Lipinski definition) is 1. The zero-order chi connectivity index (χ0) is 12.2. The van der Waals surface area contributed by atoms with E-state index in [-0.39, 0.29) is 11.5 Å². The van der Waals surface area contributed by atoms with Crippen LogP contribution in [0.3, 0.4) is 0 Å². The van der Waals surface area contributed by atoms with Gasteiger partial charge in [-0.2, -0.15) is 0 Å². The molecule has 0 fully saturated rings. The van der Waals surface area contributed by atoms with E-state index in [0.29, 0.717) is 12.1 Å². The molecule has 3 atom stereocenters. The van der Waals surface area contributed by atoms with Crippen LogP contribution in [0, 0.1) is 5.41 Å². The van der Waals surface area contributed by atoms with Crippen molar-refractivity contribution in [3.63, 3.8) is 0 Å². The van der Waals surface area contributed by atoms with Crippen molar-refractivity contribution in [1.82, 2.24) is 4.90 Å². The predicted octanol–water partition coefficient (Wildman–Crippen LogP) is 1.71. The second-order valence-corrected chi connectivity index (χ2v) is 5.64. The van der Waals surface area contributed by atoms with Crippen LogP contribution in [-0.2, 0) is 4.74 Å². The Kier molecular flexibility index (Phi) is 5.78. The Morgan fingerprint density at radius 2 is 1.73 bits per heavy atom. The molecule has 15 heavy (non-hydrogen) atoms. The average molecular weight is 216 g/mol. The smallest absolute Gasteiger partial charge is 0.0615 e. The molecule has 0 saturated heterocycles. The molecule has 0 aliphatic heterocycles.